The molecule has 1 aromatic rings. The molecule has 1 fully saturated rings. The van der Waals surface area contributed by atoms with Crippen molar-refractivity contribution in [3.63, 3.8) is 0 Å². The molecule has 0 radical (unpaired) electrons. The van der Waals surface area contributed by atoms with E-state index in [1.54, 1.807) is 12.1 Å². The van der Waals surface area contributed by atoms with Gasteiger partial charge < -0.3 is 0 Å². The Kier molecular flexibility index (Phi) is 4.92. The summed E-state index contributed by atoms with van der Waals surface area (Å²) in [6, 6.07) is 9.21. The van der Waals surface area contributed by atoms with Gasteiger partial charge in [0.05, 0.1) is 5.25 Å². The zero-order chi connectivity index (χ0) is 13.8. The molecule has 0 aromatic heterocycles. The number of carbonyl (C=O) groups is 1. The normalized spacial score (nSPS) is 26.6. The second kappa shape index (κ2) is 6.47. The second-order valence-corrected chi connectivity index (χ2v) is 7.63. The predicted octanol–water partition coefficient (Wildman–Crippen LogP) is 3.59. The molecule has 2 rings (SSSR count). The summed E-state index contributed by atoms with van der Waals surface area (Å²) in [5.41, 5.74) is 0.673. The van der Waals surface area contributed by atoms with E-state index in [2.05, 4.69) is 6.92 Å². The third-order valence-electron chi connectivity index (χ3n) is 3.99. The van der Waals surface area contributed by atoms with Crippen LogP contribution in [0.4, 0.5) is 0 Å². The highest BCUT2D eigenvalue weighted by Crippen LogP contribution is 2.29. The van der Waals surface area contributed by atoms with E-state index in [0.29, 0.717) is 11.5 Å². The number of benzene rings is 1. The number of carbonyl (C=O) groups excluding carboxylic acids is 1. The summed E-state index contributed by atoms with van der Waals surface area (Å²) in [6.45, 7) is 4.03. The van der Waals surface area contributed by atoms with Gasteiger partial charge in [-0.3, -0.25) is 9.00 Å². The molecule has 3 heteroatoms. The summed E-state index contributed by atoms with van der Waals surface area (Å²) in [4.78, 5) is 12.3. The molecule has 4 unspecified atom stereocenters. The van der Waals surface area contributed by atoms with E-state index in [9.17, 15) is 9.00 Å². The maximum atomic E-state index is 12.5. The van der Waals surface area contributed by atoms with Crippen LogP contribution in [0.15, 0.2) is 30.3 Å². The first kappa shape index (κ1) is 14.4. The topological polar surface area (TPSA) is 34.1 Å². The van der Waals surface area contributed by atoms with Gasteiger partial charge in [0.25, 0.3) is 0 Å². The largest absolute Gasteiger partial charge is 0.293 e. The lowest BCUT2D eigenvalue weighted by Crippen LogP contribution is -2.33. The first-order valence-electron chi connectivity index (χ1n) is 7.08. The van der Waals surface area contributed by atoms with Crippen LogP contribution in [0.2, 0.25) is 0 Å². The van der Waals surface area contributed by atoms with Crippen molar-refractivity contribution >= 4 is 16.6 Å². The lowest BCUT2D eigenvalue weighted by atomic mass is 9.91. The minimum Gasteiger partial charge on any atom is -0.293 e. The molecule has 0 bridgehead atoms. The Labute approximate surface area is 118 Å². The molecule has 4 atom stereocenters. The van der Waals surface area contributed by atoms with Gasteiger partial charge >= 0.3 is 0 Å². The molecule has 0 heterocycles. The van der Waals surface area contributed by atoms with Gasteiger partial charge in [-0.2, -0.15) is 0 Å². The van der Waals surface area contributed by atoms with Crippen molar-refractivity contribution in [2.24, 2.45) is 5.92 Å². The Bertz CT molecular complexity index is 455. The maximum absolute atomic E-state index is 12.5. The lowest BCUT2D eigenvalue weighted by Gasteiger charge is -2.27. The van der Waals surface area contributed by atoms with E-state index in [-0.39, 0.29) is 11.0 Å². The quantitative estimate of drug-likeness (QED) is 0.789. The average Bonchev–Trinajstić information content (AvgIpc) is 2.46. The molecular formula is C16H22O2S. The molecule has 1 saturated carbocycles. The summed E-state index contributed by atoms with van der Waals surface area (Å²) < 4.78 is 12.5. The Morgan fingerprint density at radius 2 is 1.95 bits per heavy atom. The minimum absolute atomic E-state index is 0.0113. The summed E-state index contributed by atoms with van der Waals surface area (Å²) >= 11 is 0. The van der Waals surface area contributed by atoms with Crippen molar-refractivity contribution in [3.05, 3.63) is 35.9 Å². The van der Waals surface area contributed by atoms with Crippen LogP contribution in [0.25, 0.3) is 0 Å². The van der Waals surface area contributed by atoms with Gasteiger partial charge in [0.1, 0.15) is 0 Å². The van der Waals surface area contributed by atoms with Crippen molar-refractivity contribution in [2.75, 3.05) is 0 Å². The van der Waals surface area contributed by atoms with Crippen LogP contribution in [0, 0.1) is 5.92 Å². The van der Waals surface area contributed by atoms with Gasteiger partial charge in [-0.25, -0.2) is 0 Å². The molecule has 0 amide bonds. The maximum Gasteiger partial charge on any atom is 0.178 e. The standard InChI is InChI=1S/C16H22O2S/c1-12-7-6-10-15(11-12)19(18)13(2)16(17)14-8-4-3-5-9-14/h3-5,8-9,12-13,15H,6-7,10-11H2,1-2H3. The van der Waals surface area contributed by atoms with Crippen molar-refractivity contribution in [1.29, 1.82) is 0 Å². The van der Waals surface area contributed by atoms with Crippen molar-refractivity contribution < 1.29 is 9.00 Å². The Balaban J connectivity index is 2.04. The number of hydrogen-bond acceptors (Lipinski definition) is 2. The van der Waals surface area contributed by atoms with Crippen LogP contribution in [-0.4, -0.2) is 20.5 Å². The predicted molar refractivity (Wildman–Crippen MR) is 79.8 cm³/mol. The van der Waals surface area contributed by atoms with Crippen LogP contribution >= 0.6 is 0 Å². The molecule has 104 valence electrons. The third-order valence-corrected chi connectivity index (χ3v) is 5.99. The number of hydrogen-bond donors (Lipinski definition) is 0. The molecule has 1 aliphatic carbocycles. The third kappa shape index (κ3) is 3.53. The van der Waals surface area contributed by atoms with E-state index in [1.165, 1.54) is 6.42 Å². The molecular weight excluding hydrogens is 256 g/mol. The Morgan fingerprint density at radius 1 is 1.26 bits per heavy atom. The van der Waals surface area contributed by atoms with Gasteiger partial charge in [0, 0.05) is 21.6 Å². The summed E-state index contributed by atoms with van der Waals surface area (Å²) in [6.07, 6.45) is 4.38. The fraction of sp³-hybridized carbons (Fsp3) is 0.562. The molecule has 1 aliphatic rings. The zero-order valence-electron chi connectivity index (χ0n) is 11.7. The molecule has 0 spiro atoms. The van der Waals surface area contributed by atoms with Gasteiger partial charge in [-0.15, -0.1) is 0 Å². The summed E-state index contributed by atoms with van der Waals surface area (Å²) in [7, 11) is -1.05. The first-order valence-corrected chi connectivity index (χ1v) is 8.36. The fourth-order valence-electron chi connectivity index (χ4n) is 2.82. The van der Waals surface area contributed by atoms with Crippen molar-refractivity contribution in [2.45, 2.75) is 50.0 Å². The number of rotatable bonds is 4. The van der Waals surface area contributed by atoms with E-state index in [4.69, 9.17) is 0 Å². The van der Waals surface area contributed by atoms with Crippen LogP contribution in [-0.2, 0) is 10.8 Å². The van der Waals surface area contributed by atoms with E-state index in [0.717, 1.165) is 19.3 Å². The highest BCUT2D eigenvalue weighted by atomic mass is 32.2. The smallest absolute Gasteiger partial charge is 0.178 e. The van der Waals surface area contributed by atoms with Crippen molar-refractivity contribution in [1.82, 2.24) is 0 Å². The zero-order valence-corrected chi connectivity index (χ0v) is 12.5. The van der Waals surface area contributed by atoms with E-state index in [1.807, 2.05) is 25.1 Å². The highest BCUT2D eigenvalue weighted by molar-refractivity contribution is 7.87. The van der Waals surface area contributed by atoms with Crippen molar-refractivity contribution in [3.8, 4) is 0 Å². The average molecular weight is 278 g/mol. The second-order valence-electron chi connectivity index (χ2n) is 5.59. The van der Waals surface area contributed by atoms with E-state index < -0.39 is 16.0 Å². The molecule has 19 heavy (non-hydrogen) atoms. The van der Waals surface area contributed by atoms with E-state index >= 15 is 0 Å². The van der Waals surface area contributed by atoms with Crippen LogP contribution in [0.1, 0.15) is 49.9 Å². The Morgan fingerprint density at radius 3 is 2.58 bits per heavy atom. The molecule has 2 nitrogen and oxygen atoms in total. The first-order chi connectivity index (χ1) is 9.09. The fourth-order valence-corrected chi connectivity index (χ4v) is 4.66. The van der Waals surface area contributed by atoms with Crippen LogP contribution < -0.4 is 0 Å². The summed E-state index contributed by atoms with van der Waals surface area (Å²) in [5.74, 6) is 0.652. The molecule has 0 saturated heterocycles. The SMILES string of the molecule is CC1CCCC(S(=O)C(C)C(=O)c2ccccc2)C1. The van der Waals surface area contributed by atoms with Gasteiger partial charge in [0.2, 0.25) is 0 Å². The minimum atomic E-state index is -1.05. The van der Waals surface area contributed by atoms with Gasteiger partial charge in [-0.05, 0) is 25.7 Å². The Hall–Kier alpha value is -0.960. The lowest BCUT2D eigenvalue weighted by molar-refractivity contribution is 0.0992. The highest BCUT2D eigenvalue weighted by Gasteiger charge is 2.30. The molecule has 0 N–H and O–H groups in total. The number of ketones is 1. The van der Waals surface area contributed by atoms with Crippen LogP contribution in [0.5, 0.6) is 0 Å². The van der Waals surface area contributed by atoms with Crippen LogP contribution in [0.3, 0.4) is 0 Å². The van der Waals surface area contributed by atoms with Gasteiger partial charge in [-0.1, -0.05) is 50.1 Å². The molecule has 0 aliphatic heterocycles. The monoisotopic (exact) mass is 278 g/mol. The molecule has 1 aromatic carbocycles. The number of Topliss-reactive ketones (excluding diaryl/α,β-unsaturated/α-hetero) is 1. The van der Waals surface area contributed by atoms with Gasteiger partial charge in [0.15, 0.2) is 5.78 Å². The summed E-state index contributed by atoms with van der Waals surface area (Å²) in [5, 5.41) is -0.191.